The summed E-state index contributed by atoms with van der Waals surface area (Å²) in [5, 5.41) is 10.9. The second-order valence-electron chi connectivity index (χ2n) is 9.24. The lowest BCUT2D eigenvalue weighted by Gasteiger charge is -2.39. The van der Waals surface area contributed by atoms with Gasteiger partial charge in [-0.25, -0.2) is 9.59 Å². The predicted molar refractivity (Wildman–Crippen MR) is 104 cm³/mol. The maximum atomic E-state index is 13.1. The lowest BCUT2D eigenvalue weighted by Crippen LogP contribution is -2.59. The van der Waals surface area contributed by atoms with Crippen LogP contribution < -0.4 is 0 Å². The highest BCUT2D eigenvalue weighted by Gasteiger charge is 2.75. The average Bonchev–Trinajstić information content (AvgIpc) is 3.14. The minimum Gasteiger partial charge on any atom is -0.455 e. The molecule has 0 aromatic rings. The average molecular weight is 436 g/mol. The Kier molecular flexibility index (Phi) is 4.88. The van der Waals surface area contributed by atoms with Gasteiger partial charge in [0.15, 0.2) is 29.7 Å². The molecule has 0 amide bonds. The van der Waals surface area contributed by atoms with Gasteiger partial charge < -0.3 is 28.8 Å². The number of rotatable bonds is 3. The molecular formula is C22H28O9. The standard InChI is InChI=1S/C22H28O9/c1-10-8-7-9-20(5)17-22(31-18(20)25,11(2)16(24)29-17)15(14(10)27-13(4)23)28-19(26)21(6)12(3)30-21/h8,12,14-15,17-18,25H,2,7,9H2,1,3-6H3/b10-8-/t12-,14+,15+,17+,18+,20-,21+,22-/m0/s1. The van der Waals surface area contributed by atoms with Crippen LogP contribution in [0.2, 0.25) is 0 Å². The Bertz CT molecular complexity index is 893. The van der Waals surface area contributed by atoms with Crippen LogP contribution in [0.3, 0.4) is 0 Å². The summed E-state index contributed by atoms with van der Waals surface area (Å²) in [5.41, 5.74) is -3.37. The van der Waals surface area contributed by atoms with Crippen LogP contribution >= 0.6 is 0 Å². The van der Waals surface area contributed by atoms with E-state index in [0.717, 1.165) is 0 Å². The first-order chi connectivity index (χ1) is 14.4. The number of esters is 3. The SMILES string of the molecule is C=C1C(=O)O[C@@H]2[C@]3(C)CC/C=C(/C)[C@@H](OC(C)=O)[C@@H](OC(=O)[C@]4(C)O[C@H]4C)[C@@]12O[C@H]3O. The number of hydrogen-bond donors (Lipinski definition) is 1. The third-order valence-electron chi connectivity index (χ3n) is 7.17. The molecule has 3 saturated heterocycles. The first kappa shape index (κ1) is 22.0. The van der Waals surface area contributed by atoms with Gasteiger partial charge >= 0.3 is 17.9 Å². The Morgan fingerprint density at radius 3 is 2.48 bits per heavy atom. The highest BCUT2D eigenvalue weighted by atomic mass is 16.7. The molecule has 170 valence electrons. The number of carbonyl (C=O) groups is 3. The monoisotopic (exact) mass is 436 g/mol. The van der Waals surface area contributed by atoms with Gasteiger partial charge in [0, 0.05) is 6.92 Å². The molecule has 3 heterocycles. The van der Waals surface area contributed by atoms with Crippen molar-refractivity contribution in [3.05, 3.63) is 23.8 Å². The molecule has 4 rings (SSSR count). The number of allylic oxidation sites excluding steroid dienone is 1. The Labute approximate surface area is 180 Å². The van der Waals surface area contributed by atoms with Crippen LogP contribution in [0.15, 0.2) is 23.8 Å². The van der Waals surface area contributed by atoms with E-state index < -0.39 is 59.1 Å². The first-order valence-corrected chi connectivity index (χ1v) is 10.4. The highest BCUT2D eigenvalue weighted by molar-refractivity contribution is 5.94. The maximum absolute atomic E-state index is 13.1. The van der Waals surface area contributed by atoms with Crippen molar-refractivity contribution in [3.8, 4) is 0 Å². The number of aliphatic hydroxyl groups excluding tert-OH is 1. The molecule has 1 aliphatic carbocycles. The largest absolute Gasteiger partial charge is 0.455 e. The number of hydrogen-bond acceptors (Lipinski definition) is 9. The van der Waals surface area contributed by atoms with Gasteiger partial charge in [0.1, 0.15) is 6.10 Å². The molecule has 0 spiro atoms. The van der Waals surface area contributed by atoms with Crippen LogP contribution in [0.4, 0.5) is 0 Å². The van der Waals surface area contributed by atoms with Crippen molar-refractivity contribution in [1.82, 2.24) is 0 Å². The van der Waals surface area contributed by atoms with Gasteiger partial charge in [-0.15, -0.1) is 0 Å². The second-order valence-corrected chi connectivity index (χ2v) is 9.24. The van der Waals surface area contributed by atoms with Crippen molar-refractivity contribution in [2.45, 2.75) is 89.4 Å². The van der Waals surface area contributed by atoms with Crippen LogP contribution in [0, 0.1) is 5.41 Å². The smallest absolute Gasteiger partial charge is 0.341 e. The lowest BCUT2D eigenvalue weighted by atomic mass is 9.72. The summed E-state index contributed by atoms with van der Waals surface area (Å²) < 4.78 is 28.5. The Balaban J connectivity index is 1.88. The molecule has 0 aromatic carbocycles. The molecule has 3 fully saturated rings. The molecule has 2 bridgehead atoms. The van der Waals surface area contributed by atoms with Crippen LogP contribution in [-0.4, -0.2) is 64.9 Å². The van der Waals surface area contributed by atoms with E-state index in [9.17, 15) is 19.5 Å². The maximum Gasteiger partial charge on any atom is 0.341 e. The number of ether oxygens (including phenoxy) is 5. The van der Waals surface area contributed by atoms with Crippen LogP contribution in [0.5, 0.6) is 0 Å². The van der Waals surface area contributed by atoms with Gasteiger partial charge in [0.25, 0.3) is 0 Å². The fraction of sp³-hybridized carbons (Fsp3) is 0.682. The number of carbonyl (C=O) groups excluding carboxylic acids is 3. The van der Waals surface area contributed by atoms with Gasteiger partial charge in [0.2, 0.25) is 0 Å². The molecule has 0 saturated carbocycles. The quantitative estimate of drug-likeness (QED) is 0.230. The third kappa shape index (κ3) is 2.97. The van der Waals surface area contributed by atoms with Gasteiger partial charge in [-0.2, -0.15) is 0 Å². The Hall–Kier alpha value is -2.23. The fourth-order valence-corrected chi connectivity index (χ4v) is 4.89. The zero-order valence-electron chi connectivity index (χ0n) is 18.3. The van der Waals surface area contributed by atoms with Crippen LogP contribution in [-0.2, 0) is 38.1 Å². The van der Waals surface area contributed by atoms with Crippen LogP contribution in [0.25, 0.3) is 0 Å². The molecule has 3 aliphatic heterocycles. The van der Waals surface area contributed by atoms with E-state index in [1.807, 2.05) is 6.08 Å². The third-order valence-corrected chi connectivity index (χ3v) is 7.17. The fourth-order valence-electron chi connectivity index (χ4n) is 4.89. The molecular weight excluding hydrogens is 408 g/mol. The minimum atomic E-state index is -1.73. The molecule has 4 aliphatic rings. The van der Waals surface area contributed by atoms with Crippen molar-refractivity contribution < 1.29 is 43.2 Å². The summed E-state index contributed by atoms with van der Waals surface area (Å²) in [6.07, 6.45) is -2.30. The lowest BCUT2D eigenvalue weighted by molar-refractivity contribution is -0.213. The zero-order chi connectivity index (χ0) is 22.9. The van der Waals surface area contributed by atoms with Gasteiger partial charge in [-0.05, 0) is 39.2 Å². The summed E-state index contributed by atoms with van der Waals surface area (Å²) >= 11 is 0. The van der Waals surface area contributed by atoms with Gasteiger partial charge in [-0.1, -0.05) is 19.6 Å². The molecule has 0 unspecified atom stereocenters. The van der Waals surface area contributed by atoms with Crippen LogP contribution in [0.1, 0.15) is 47.5 Å². The van der Waals surface area contributed by atoms with Crippen molar-refractivity contribution in [3.63, 3.8) is 0 Å². The molecule has 9 nitrogen and oxygen atoms in total. The van der Waals surface area contributed by atoms with Crippen molar-refractivity contribution >= 4 is 17.9 Å². The molecule has 9 heteroatoms. The van der Waals surface area contributed by atoms with Gasteiger partial charge in [0.05, 0.1) is 17.1 Å². The van der Waals surface area contributed by atoms with Crippen molar-refractivity contribution in [1.29, 1.82) is 0 Å². The summed E-state index contributed by atoms with van der Waals surface area (Å²) in [5.74, 6) is -2.01. The van der Waals surface area contributed by atoms with E-state index in [0.29, 0.717) is 18.4 Å². The molecule has 0 radical (unpaired) electrons. The summed E-state index contributed by atoms with van der Waals surface area (Å²) in [6, 6.07) is 0. The van der Waals surface area contributed by atoms with E-state index in [1.54, 1.807) is 27.7 Å². The molecule has 31 heavy (non-hydrogen) atoms. The van der Waals surface area contributed by atoms with E-state index in [2.05, 4.69) is 6.58 Å². The zero-order valence-corrected chi connectivity index (χ0v) is 18.3. The number of aliphatic hydroxyl groups is 1. The Morgan fingerprint density at radius 1 is 1.26 bits per heavy atom. The van der Waals surface area contributed by atoms with E-state index >= 15 is 0 Å². The Morgan fingerprint density at radius 2 is 1.90 bits per heavy atom. The van der Waals surface area contributed by atoms with Gasteiger partial charge in [-0.3, -0.25) is 4.79 Å². The van der Waals surface area contributed by atoms with E-state index in [-0.39, 0.29) is 11.7 Å². The second kappa shape index (κ2) is 6.88. The topological polar surface area (TPSA) is 121 Å². The molecule has 0 aromatic heterocycles. The normalized spacial score (nSPS) is 47.8. The van der Waals surface area contributed by atoms with E-state index in [1.165, 1.54) is 6.92 Å². The molecule has 1 N–H and O–H groups in total. The summed E-state index contributed by atoms with van der Waals surface area (Å²) in [4.78, 5) is 37.7. The van der Waals surface area contributed by atoms with E-state index in [4.69, 9.17) is 23.7 Å². The van der Waals surface area contributed by atoms with Crippen molar-refractivity contribution in [2.75, 3.05) is 0 Å². The highest BCUT2D eigenvalue weighted by Crippen LogP contribution is 2.58. The molecule has 8 atom stereocenters. The van der Waals surface area contributed by atoms with Crippen molar-refractivity contribution in [2.24, 2.45) is 5.41 Å². The number of epoxide rings is 1. The predicted octanol–water partition coefficient (Wildman–Crippen LogP) is 1.32. The summed E-state index contributed by atoms with van der Waals surface area (Å²) in [6.45, 7) is 11.9. The summed E-state index contributed by atoms with van der Waals surface area (Å²) in [7, 11) is 0. The first-order valence-electron chi connectivity index (χ1n) is 10.4. The minimum absolute atomic E-state index is 0.0974.